The molecule has 0 bridgehead atoms. The van der Waals surface area contributed by atoms with Gasteiger partial charge in [-0.15, -0.1) is 0 Å². The third-order valence-corrected chi connectivity index (χ3v) is 1.73. The SMILES string of the molecule is CCc1cnn(C(C)(C)C)c1. The minimum Gasteiger partial charge on any atom is -0.267 e. The van der Waals surface area contributed by atoms with Crippen molar-refractivity contribution >= 4 is 0 Å². The normalized spacial score (nSPS) is 12.0. The van der Waals surface area contributed by atoms with Crippen LogP contribution in [0.25, 0.3) is 0 Å². The number of hydrogen-bond donors (Lipinski definition) is 0. The second-order valence-electron chi connectivity index (χ2n) is 3.82. The summed E-state index contributed by atoms with van der Waals surface area (Å²) in [5, 5.41) is 4.27. The summed E-state index contributed by atoms with van der Waals surface area (Å²) in [6.07, 6.45) is 5.11. The van der Waals surface area contributed by atoms with E-state index in [1.807, 2.05) is 10.9 Å². The van der Waals surface area contributed by atoms with Crippen molar-refractivity contribution in [1.82, 2.24) is 9.78 Å². The van der Waals surface area contributed by atoms with Crippen LogP contribution in [-0.4, -0.2) is 9.78 Å². The predicted molar refractivity (Wildman–Crippen MR) is 46.6 cm³/mol. The lowest BCUT2D eigenvalue weighted by Crippen LogP contribution is -2.21. The van der Waals surface area contributed by atoms with E-state index < -0.39 is 0 Å². The Hall–Kier alpha value is -0.790. The molecule has 0 saturated heterocycles. The minimum absolute atomic E-state index is 0.118. The first-order chi connectivity index (χ1) is 5.04. The lowest BCUT2D eigenvalue weighted by atomic mass is 10.1. The van der Waals surface area contributed by atoms with Crippen molar-refractivity contribution in [2.75, 3.05) is 0 Å². The standard InChI is InChI=1S/C9H16N2/c1-5-8-6-10-11(7-8)9(2,3)4/h6-7H,5H2,1-4H3. The van der Waals surface area contributed by atoms with Crippen LogP contribution in [0.3, 0.4) is 0 Å². The molecule has 0 saturated carbocycles. The summed E-state index contributed by atoms with van der Waals surface area (Å²) in [5.41, 5.74) is 1.42. The highest BCUT2D eigenvalue weighted by Gasteiger charge is 2.12. The maximum Gasteiger partial charge on any atom is 0.0543 e. The highest BCUT2D eigenvalue weighted by molar-refractivity contribution is 5.04. The molecule has 0 radical (unpaired) electrons. The summed E-state index contributed by atoms with van der Waals surface area (Å²) in [4.78, 5) is 0. The molecule has 62 valence electrons. The summed E-state index contributed by atoms with van der Waals surface area (Å²) in [7, 11) is 0. The molecule has 0 N–H and O–H groups in total. The van der Waals surface area contributed by atoms with Crippen LogP contribution in [0.2, 0.25) is 0 Å². The summed E-state index contributed by atoms with van der Waals surface area (Å²) in [6, 6.07) is 0. The highest BCUT2D eigenvalue weighted by Crippen LogP contribution is 2.12. The summed E-state index contributed by atoms with van der Waals surface area (Å²) < 4.78 is 2.01. The topological polar surface area (TPSA) is 17.8 Å². The van der Waals surface area contributed by atoms with Crippen molar-refractivity contribution in [3.8, 4) is 0 Å². The molecule has 0 atom stereocenters. The molecule has 11 heavy (non-hydrogen) atoms. The monoisotopic (exact) mass is 152 g/mol. The van der Waals surface area contributed by atoms with E-state index in [4.69, 9.17) is 0 Å². The van der Waals surface area contributed by atoms with Crippen molar-refractivity contribution < 1.29 is 0 Å². The zero-order chi connectivity index (χ0) is 8.48. The van der Waals surface area contributed by atoms with Crippen LogP contribution in [-0.2, 0) is 12.0 Å². The fraction of sp³-hybridized carbons (Fsp3) is 0.667. The Labute approximate surface area is 68.2 Å². The molecular weight excluding hydrogens is 136 g/mol. The quantitative estimate of drug-likeness (QED) is 0.603. The van der Waals surface area contributed by atoms with Gasteiger partial charge in [-0.3, -0.25) is 4.68 Å². The lowest BCUT2D eigenvalue weighted by molar-refractivity contribution is 0.355. The summed E-state index contributed by atoms with van der Waals surface area (Å²) in [6.45, 7) is 8.60. The van der Waals surface area contributed by atoms with E-state index in [0.29, 0.717) is 0 Å². The van der Waals surface area contributed by atoms with Gasteiger partial charge in [0, 0.05) is 6.20 Å². The average Bonchev–Trinajstić information content (AvgIpc) is 2.32. The summed E-state index contributed by atoms with van der Waals surface area (Å²) in [5.74, 6) is 0. The van der Waals surface area contributed by atoms with Crippen molar-refractivity contribution in [1.29, 1.82) is 0 Å². The minimum atomic E-state index is 0.118. The molecule has 0 unspecified atom stereocenters. The largest absolute Gasteiger partial charge is 0.267 e. The molecule has 0 fully saturated rings. The van der Waals surface area contributed by atoms with E-state index in [1.54, 1.807) is 0 Å². The molecule has 1 aromatic heterocycles. The Morgan fingerprint density at radius 1 is 1.45 bits per heavy atom. The number of rotatable bonds is 1. The van der Waals surface area contributed by atoms with Gasteiger partial charge in [0.05, 0.1) is 11.7 Å². The molecule has 0 aliphatic carbocycles. The zero-order valence-corrected chi connectivity index (χ0v) is 7.76. The Kier molecular flexibility index (Phi) is 2.03. The molecule has 0 aromatic carbocycles. The molecule has 0 amide bonds. The van der Waals surface area contributed by atoms with Gasteiger partial charge < -0.3 is 0 Å². The number of hydrogen-bond acceptors (Lipinski definition) is 1. The van der Waals surface area contributed by atoms with Gasteiger partial charge in [-0.2, -0.15) is 5.10 Å². The van der Waals surface area contributed by atoms with Gasteiger partial charge in [-0.1, -0.05) is 6.92 Å². The van der Waals surface area contributed by atoms with Crippen LogP contribution < -0.4 is 0 Å². The third kappa shape index (κ3) is 1.82. The van der Waals surface area contributed by atoms with Crippen molar-refractivity contribution in [3.05, 3.63) is 18.0 Å². The van der Waals surface area contributed by atoms with Gasteiger partial charge in [0.2, 0.25) is 0 Å². The van der Waals surface area contributed by atoms with Gasteiger partial charge in [-0.05, 0) is 32.8 Å². The fourth-order valence-electron chi connectivity index (χ4n) is 0.910. The van der Waals surface area contributed by atoms with E-state index in [1.165, 1.54) is 5.56 Å². The first kappa shape index (κ1) is 8.31. The molecule has 1 rings (SSSR count). The molecule has 2 nitrogen and oxygen atoms in total. The van der Waals surface area contributed by atoms with Gasteiger partial charge in [-0.25, -0.2) is 0 Å². The van der Waals surface area contributed by atoms with Gasteiger partial charge in [0.25, 0.3) is 0 Å². The van der Waals surface area contributed by atoms with Crippen LogP contribution in [0.15, 0.2) is 12.4 Å². The summed E-state index contributed by atoms with van der Waals surface area (Å²) >= 11 is 0. The van der Waals surface area contributed by atoms with Crippen LogP contribution in [0.1, 0.15) is 33.3 Å². The second kappa shape index (κ2) is 2.68. The van der Waals surface area contributed by atoms with E-state index in [-0.39, 0.29) is 5.54 Å². The van der Waals surface area contributed by atoms with Crippen LogP contribution in [0.4, 0.5) is 0 Å². The third-order valence-electron chi connectivity index (χ3n) is 1.73. The molecule has 1 aromatic rings. The van der Waals surface area contributed by atoms with E-state index in [9.17, 15) is 0 Å². The highest BCUT2D eigenvalue weighted by atomic mass is 15.3. The Bertz CT molecular complexity index is 230. The molecule has 2 heteroatoms. The Balaban J connectivity index is 2.89. The molecule has 0 aliphatic rings. The second-order valence-corrected chi connectivity index (χ2v) is 3.82. The number of aryl methyl sites for hydroxylation is 1. The molecule has 0 aliphatic heterocycles. The van der Waals surface area contributed by atoms with Gasteiger partial charge in [0.1, 0.15) is 0 Å². The zero-order valence-electron chi connectivity index (χ0n) is 7.76. The van der Waals surface area contributed by atoms with E-state index in [2.05, 4.69) is 39.0 Å². The fourth-order valence-corrected chi connectivity index (χ4v) is 0.910. The predicted octanol–water partition coefficient (Wildman–Crippen LogP) is 2.20. The van der Waals surface area contributed by atoms with Gasteiger partial charge in [0.15, 0.2) is 0 Å². The number of nitrogens with zero attached hydrogens (tertiary/aromatic N) is 2. The Morgan fingerprint density at radius 2 is 2.09 bits per heavy atom. The molecular formula is C9H16N2. The smallest absolute Gasteiger partial charge is 0.0543 e. The van der Waals surface area contributed by atoms with Crippen molar-refractivity contribution in [2.24, 2.45) is 0 Å². The van der Waals surface area contributed by atoms with E-state index in [0.717, 1.165) is 6.42 Å². The maximum absolute atomic E-state index is 4.27. The van der Waals surface area contributed by atoms with Crippen LogP contribution >= 0.6 is 0 Å². The molecule has 0 spiro atoms. The number of aromatic nitrogens is 2. The van der Waals surface area contributed by atoms with Crippen molar-refractivity contribution in [3.63, 3.8) is 0 Å². The average molecular weight is 152 g/mol. The maximum atomic E-state index is 4.27. The Morgan fingerprint density at radius 3 is 2.36 bits per heavy atom. The van der Waals surface area contributed by atoms with Crippen LogP contribution in [0, 0.1) is 0 Å². The molecule has 1 heterocycles. The first-order valence-corrected chi connectivity index (χ1v) is 4.08. The van der Waals surface area contributed by atoms with E-state index >= 15 is 0 Å². The van der Waals surface area contributed by atoms with Crippen LogP contribution in [0.5, 0.6) is 0 Å². The van der Waals surface area contributed by atoms with Crippen molar-refractivity contribution in [2.45, 2.75) is 39.7 Å². The first-order valence-electron chi connectivity index (χ1n) is 4.08. The lowest BCUT2D eigenvalue weighted by Gasteiger charge is -2.18. The van der Waals surface area contributed by atoms with Gasteiger partial charge >= 0.3 is 0 Å².